The second-order valence-corrected chi connectivity index (χ2v) is 7.44. The third kappa shape index (κ3) is 3.97. The summed E-state index contributed by atoms with van der Waals surface area (Å²) in [4.78, 5) is 17.1. The molecule has 3 heterocycles. The van der Waals surface area contributed by atoms with Crippen molar-refractivity contribution in [3.8, 4) is 0 Å². The topological polar surface area (TPSA) is 55.3 Å². The van der Waals surface area contributed by atoms with Gasteiger partial charge in [-0.1, -0.05) is 23.9 Å². The average molecular weight is 351 g/mol. The molecule has 0 saturated carbocycles. The summed E-state index contributed by atoms with van der Waals surface area (Å²) in [7, 11) is 0. The van der Waals surface area contributed by atoms with Gasteiger partial charge in [0.25, 0.3) is 5.91 Å². The Kier molecular flexibility index (Phi) is 5.75. The summed E-state index contributed by atoms with van der Waals surface area (Å²) in [6.45, 7) is 4.20. The first-order valence-corrected chi connectivity index (χ1v) is 9.67. The fourth-order valence-electron chi connectivity index (χ4n) is 2.84. The Morgan fingerprint density at radius 3 is 2.96 bits per heavy atom. The normalized spacial score (nSPS) is 15.7. The summed E-state index contributed by atoms with van der Waals surface area (Å²) < 4.78 is 9.47. The van der Waals surface area contributed by atoms with E-state index >= 15 is 0 Å². The van der Waals surface area contributed by atoms with Crippen LogP contribution in [0.4, 0.5) is 0 Å². The van der Waals surface area contributed by atoms with Crippen molar-refractivity contribution in [3.63, 3.8) is 0 Å². The zero-order chi connectivity index (χ0) is 16.1. The van der Waals surface area contributed by atoms with Crippen molar-refractivity contribution in [3.05, 3.63) is 33.0 Å². The quantitative estimate of drug-likeness (QED) is 0.801. The fraction of sp³-hybridized carbons (Fsp3) is 0.562. The highest BCUT2D eigenvalue weighted by Crippen LogP contribution is 2.24. The van der Waals surface area contributed by atoms with Crippen molar-refractivity contribution in [2.75, 3.05) is 13.2 Å². The third-order valence-corrected chi connectivity index (χ3v) is 5.65. The van der Waals surface area contributed by atoms with Gasteiger partial charge in [-0.25, -0.2) is 0 Å². The number of aromatic nitrogens is 2. The Balaban J connectivity index is 1.83. The van der Waals surface area contributed by atoms with E-state index in [1.54, 1.807) is 11.3 Å². The molecule has 1 amide bonds. The molecule has 7 heteroatoms. The highest BCUT2D eigenvalue weighted by Gasteiger charge is 2.29. The first kappa shape index (κ1) is 16.5. The number of rotatable bonds is 6. The summed E-state index contributed by atoms with van der Waals surface area (Å²) in [5.41, 5.74) is 0.839. The van der Waals surface area contributed by atoms with Gasteiger partial charge in [0, 0.05) is 24.1 Å². The second-order valence-electron chi connectivity index (χ2n) is 5.65. The van der Waals surface area contributed by atoms with E-state index < -0.39 is 0 Å². The van der Waals surface area contributed by atoms with Gasteiger partial charge in [-0.2, -0.15) is 0 Å². The number of hydrogen-bond donors (Lipinski definition) is 0. The van der Waals surface area contributed by atoms with Crippen molar-refractivity contribution < 1.29 is 9.53 Å². The molecule has 0 N–H and O–H groups in total. The number of aryl methyl sites for hydroxylation is 1. The van der Waals surface area contributed by atoms with Crippen LogP contribution in [0.2, 0.25) is 0 Å². The summed E-state index contributed by atoms with van der Waals surface area (Å²) >= 11 is 2.91. The molecule has 1 saturated heterocycles. The van der Waals surface area contributed by atoms with Crippen LogP contribution >= 0.6 is 22.9 Å². The van der Waals surface area contributed by atoms with E-state index in [2.05, 4.69) is 28.0 Å². The smallest absolute Gasteiger partial charge is 0.268 e. The molecule has 3 rings (SSSR count). The number of amides is 1. The molecule has 124 valence electrons. The first-order valence-electron chi connectivity index (χ1n) is 8.02. The monoisotopic (exact) mass is 351 g/mol. The van der Waals surface area contributed by atoms with E-state index in [9.17, 15) is 4.79 Å². The molecule has 2 aromatic heterocycles. The molecule has 1 aliphatic rings. The minimum Gasteiger partial charge on any atom is -0.381 e. The van der Waals surface area contributed by atoms with E-state index in [1.807, 2.05) is 11.0 Å². The average Bonchev–Trinajstić information content (AvgIpc) is 3.25. The highest BCUT2D eigenvalue weighted by atomic mass is 32.1. The molecular weight excluding hydrogens is 330 g/mol. The van der Waals surface area contributed by atoms with E-state index in [4.69, 9.17) is 4.74 Å². The Morgan fingerprint density at radius 2 is 2.26 bits per heavy atom. The lowest BCUT2D eigenvalue weighted by Gasteiger charge is -2.34. The van der Waals surface area contributed by atoms with Gasteiger partial charge in [-0.15, -0.1) is 16.4 Å². The predicted octanol–water partition coefficient (Wildman–Crippen LogP) is 3.37. The van der Waals surface area contributed by atoms with Crippen molar-refractivity contribution in [2.45, 2.75) is 45.2 Å². The number of thiophene rings is 1. The molecular formula is C16H21N3O2S2. The van der Waals surface area contributed by atoms with Crippen LogP contribution in [0, 0.1) is 0 Å². The zero-order valence-electron chi connectivity index (χ0n) is 13.2. The van der Waals surface area contributed by atoms with Gasteiger partial charge >= 0.3 is 0 Å². The van der Waals surface area contributed by atoms with Gasteiger partial charge in [0.05, 0.1) is 12.2 Å². The summed E-state index contributed by atoms with van der Waals surface area (Å²) in [5.74, 6) is 0.0729. The second kappa shape index (κ2) is 7.99. The molecule has 0 atom stereocenters. The Hall–Kier alpha value is -1.31. The Bertz CT molecular complexity index is 621. The predicted molar refractivity (Wildman–Crippen MR) is 91.9 cm³/mol. The minimum atomic E-state index is 0.0729. The maximum Gasteiger partial charge on any atom is 0.268 e. The number of carbonyl (C=O) groups excluding carboxylic acids is 1. The molecule has 1 aliphatic heterocycles. The standard InChI is InChI=1S/C16H21N3O2S2/c1-2-4-14-15(23-18-17-14)16(20)19(11-13-5-3-10-22-13)12-6-8-21-9-7-12/h3,5,10,12H,2,4,6-9,11H2,1H3. The maximum absolute atomic E-state index is 13.1. The summed E-state index contributed by atoms with van der Waals surface area (Å²) in [6.07, 6.45) is 3.56. The lowest BCUT2D eigenvalue weighted by molar-refractivity contribution is 0.0272. The maximum atomic E-state index is 13.1. The van der Waals surface area contributed by atoms with Crippen LogP contribution < -0.4 is 0 Å². The lowest BCUT2D eigenvalue weighted by atomic mass is 10.1. The largest absolute Gasteiger partial charge is 0.381 e. The number of hydrogen-bond acceptors (Lipinski definition) is 6. The zero-order valence-corrected chi connectivity index (χ0v) is 14.9. The fourth-order valence-corrected chi connectivity index (χ4v) is 4.20. The van der Waals surface area contributed by atoms with Gasteiger partial charge in [0.1, 0.15) is 4.88 Å². The number of nitrogens with zero attached hydrogens (tertiary/aromatic N) is 3. The van der Waals surface area contributed by atoms with E-state index in [0.717, 1.165) is 44.6 Å². The third-order valence-electron chi connectivity index (χ3n) is 4.04. The summed E-state index contributed by atoms with van der Waals surface area (Å²) in [5, 5.41) is 6.20. The van der Waals surface area contributed by atoms with Gasteiger partial charge in [-0.05, 0) is 42.2 Å². The van der Waals surface area contributed by atoms with Gasteiger partial charge in [-0.3, -0.25) is 4.79 Å². The molecule has 0 spiro atoms. The summed E-state index contributed by atoms with van der Waals surface area (Å²) in [6, 6.07) is 4.35. The van der Waals surface area contributed by atoms with Gasteiger partial charge in [0.15, 0.2) is 0 Å². The lowest BCUT2D eigenvalue weighted by Crippen LogP contribution is -2.42. The van der Waals surface area contributed by atoms with Crippen LogP contribution in [0.1, 0.15) is 46.4 Å². The molecule has 5 nitrogen and oxygen atoms in total. The Morgan fingerprint density at radius 1 is 1.43 bits per heavy atom. The van der Waals surface area contributed by atoms with Crippen LogP contribution in [0.5, 0.6) is 0 Å². The van der Waals surface area contributed by atoms with E-state index in [0.29, 0.717) is 11.4 Å². The minimum absolute atomic E-state index is 0.0729. The van der Waals surface area contributed by atoms with E-state index in [-0.39, 0.29) is 11.9 Å². The van der Waals surface area contributed by atoms with Crippen LogP contribution in [-0.4, -0.2) is 39.6 Å². The van der Waals surface area contributed by atoms with Gasteiger partial charge < -0.3 is 9.64 Å². The van der Waals surface area contributed by atoms with Crippen LogP contribution in [0.25, 0.3) is 0 Å². The van der Waals surface area contributed by atoms with Crippen molar-refractivity contribution in [2.24, 2.45) is 0 Å². The molecule has 23 heavy (non-hydrogen) atoms. The molecule has 0 bridgehead atoms. The van der Waals surface area contributed by atoms with Crippen molar-refractivity contribution >= 4 is 28.8 Å². The highest BCUT2D eigenvalue weighted by molar-refractivity contribution is 7.10. The molecule has 2 aromatic rings. The Labute approximate surface area is 144 Å². The van der Waals surface area contributed by atoms with E-state index in [1.165, 1.54) is 16.4 Å². The molecule has 0 aliphatic carbocycles. The number of ether oxygens (including phenoxy) is 1. The van der Waals surface area contributed by atoms with Crippen molar-refractivity contribution in [1.82, 2.24) is 14.5 Å². The SMILES string of the molecule is CCCc1nnsc1C(=O)N(Cc1cccs1)C1CCOCC1. The first-order chi connectivity index (χ1) is 11.3. The molecule has 0 unspecified atom stereocenters. The van der Waals surface area contributed by atoms with Crippen LogP contribution in [0.15, 0.2) is 17.5 Å². The van der Waals surface area contributed by atoms with Gasteiger partial charge in [0.2, 0.25) is 0 Å². The van der Waals surface area contributed by atoms with Crippen LogP contribution in [0.3, 0.4) is 0 Å². The van der Waals surface area contributed by atoms with Crippen molar-refractivity contribution in [1.29, 1.82) is 0 Å². The number of carbonyl (C=O) groups is 1. The van der Waals surface area contributed by atoms with Crippen LogP contribution in [-0.2, 0) is 17.7 Å². The molecule has 1 fully saturated rings. The molecule has 0 radical (unpaired) electrons. The molecule has 0 aromatic carbocycles.